The van der Waals surface area contributed by atoms with E-state index < -0.39 is 42.4 Å². The summed E-state index contributed by atoms with van der Waals surface area (Å²) in [5.74, 6) is -1.63. The smallest absolute Gasteiger partial charge is 0.302 e. The molecule has 8 heteroatoms. The zero-order chi connectivity index (χ0) is 15.8. The SMILES string of the molecule is CC(=O)N[C@@H](COC(C)=O)[C@H]1O[C@@H]2OC(C)(C)O[C@@H]2[C@H]1O. The Labute approximate surface area is 122 Å². The Balaban J connectivity index is 2.04. The molecule has 2 aliphatic heterocycles. The molecule has 0 saturated carbocycles. The van der Waals surface area contributed by atoms with Crippen molar-refractivity contribution in [2.24, 2.45) is 0 Å². The maximum atomic E-state index is 11.3. The fourth-order valence-electron chi connectivity index (χ4n) is 2.54. The van der Waals surface area contributed by atoms with Crippen molar-refractivity contribution in [3.8, 4) is 0 Å². The second-order valence-corrected chi connectivity index (χ2v) is 5.67. The molecule has 120 valence electrons. The van der Waals surface area contributed by atoms with Gasteiger partial charge >= 0.3 is 5.97 Å². The van der Waals surface area contributed by atoms with E-state index in [-0.39, 0.29) is 12.5 Å². The van der Waals surface area contributed by atoms with Gasteiger partial charge in [-0.05, 0) is 13.8 Å². The van der Waals surface area contributed by atoms with Crippen molar-refractivity contribution in [2.75, 3.05) is 6.61 Å². The van der Waals surface area contributed by atoms with Gasteiger partial charge in [-0.2, -0.15) is 0 Å². The largest absolute Gasteiger partial charge is 0.464 e. The number of fused-ring (bicyclic) bond motifs is 1. The van der Waals surface area contributed by atoms with Gasteiger partial charge in [0.05, 0.1) is 6.04 Å². The van der Waals surface area contributed by atoms with Crippen molar-refractivity contribution in [2.45, 2.75) is 64.1 Å². The van der Waals surface area contributed by atoms with Crippen LogP contribution in [-0.2, 0) is 28.5 Å². The van der Waals surface area contributed by atoms with E-state index in [1.807, 2.05) is 0 Å². The minimum atomic E-state index is -0.996. The van der Waals surface area contributed by atoms with Gasteiger partial charge in [0.1, 0.15) is 24.9 Å². The lowest BCUT2D eigenvalue weighted by Crippen LogP contribution is -2.51. The number of nitrogens with one attached hydrogen (secondary N) is 1. The van der Waals surface area contributed by atoms with E-state index in [1.54, 1.807) is 13.8 Å². The van der Waals surface area contributed by atoms with Crippen LogP contribution in [0.2, 0.25) is 0 Å². The highest BCUT2D eigenvalue weighted by Crippen LogP contribution is 2.38. The van der Waals surface area contributed by atoms with Crippen LogP contribution in [0.5, 0.6) is 0 Å². The van der Waals surface area contributed by atoms with Crippen molar-refractivity contribution in [1.29, 1.82) is 0 Å². The first-order chi connectivity index (χ1) is 9.69. The van der Waals surface area contributed by atoms with E-state index in [2.05, 4.69) is 5.32 Å². The third kappa shape index (κ3) is 3.70. The van der Waals surface area contributed by atoms with Crippen LogP contribution in [0.25, 0.3) is 0 Å². The van der Waals surface area contributed by atoms with Crippen molar-refractivity contribution in [3.63, 3.8) is 0 Å². The molecule has 0 radical (unpaired) electrons. The first-order valence-electron chi connectivity index (χ1n) is 6.79. The monoisotopic (exact) mass is 303 g/mol. The molecule has 2 heterocycles. The predicted molar refractivity (Wildman–Crippen MR) is 68.9 cm³/mol. The Kier molecular flexibility index (Phi) is 4.52. The highest BCUT2D eigenvalue weighted by atomic mass is 16.8. The summed E-state index contributed by atoms with van der Waals surface area (Å²) in [6.07, 6.45) is -3.13. The maximum Gasteiger partial charge on any atom is 0.302 e. The summed E-state index contributed by atoms with van der Waals surface area (Å²) in [7, 11) is 0. The van der Waals surface area contributed by atoms with Crippen LogP contribution in [0.1, 0.15) is 27.7 Å². The maximum absolute atomic E-state index is 11.3. The van der Waals surface area contributed by atoms with Crippen LogP contribution in [0.3, 0.4) is 0 Å². The molecule has 1 amide bonds. The summed E-state index contributed by atoms with van der Waals surface area (Å²) >= 11 is 0. The summed E-state index contributed by atoms with van der Waals surface area (Å²) in [5.41, 5.74) is 0. The van der Waals surface area contributed by atoms with Gasteiger partial charge in [0.25, 0.3) is 0 Å². The van der Waals surface area contributed by atoms with E-state index in [9.17, 15) is 14.7 Å². The van der Waals surface area contributed by atoms with Gasteiger partial charge in [-0.1, -0.05) is 0 Å². The molecule has 2 rings (SSSR count). The molecule has 0 aromatic carbocycles. The fourth-order valence-corrected chi connectivity index (χ4v) is 2.54. The predicted octanol–water partition coefficient (Wildman–Crippen LogP) is -0.708. The van der Waals surface area contributed by atoms with Crippen LogP contribution >= 0.6 is 0 Å². The zero-order valence-electron chi connectivity index (χ0n) is 12.5. The van der Waals surface area contributed by atoms with Crippen molar-refractivity contribution in [3.05, 3.63) is 0 Å². The Morgan fingerprint density at radius 1 is 1.33 bits per heavy atom. The Bertz CT molecular complexity index is 425. The standard InChI is InChI=1S/C13H21NO7/c1-6(15)14-8(5-18-7(2)16)10-9(17)11-12(19-10)21-13(3,4)20-11/h8-12,17H,5H2,1-4H3,(H,14,15)/t8-,9-,10+,11+,12+/m0/s1. The molecule has 5 atom stereocenters. The molecule has 8 nitrogen and oxygen atoms in total. The van der Waals surface area contributed by atoms with E-state index in [0.717, 1.165) is 0 Å². The fraction of sp³-hybridized carbons (Fsp3) is 0.846. The molecule has 0 aromatic heterocycles. The van der Waals surface area contributed by atoms with Gasteiger partial charge in [0.15, 0.2) is 12.1 Å². The molecule has 0 spiro atoms. The van der Waals surface area contributed by atoms with Crippen molar-refractivity contribution >= 4 is 11.9 Å². The van der Waals surface area contributed by atoms with Gasteiger partial charge in [-0.25, -0.2) is 0 Å². The molecule has 0 bridgehead atoms. The van der Waals surface area contributed by atoms with E-state index in [0.29, 0.717) is 0 Å². The Morgan fingerprint density at radius 3 is 2.52 bits per heavy atom. The van der Waals surface area contributed by atoms with Crippen molar-refractivity contribution < 1.29 is 33.6 Å². The minimum Gasteiger partial charge on any atom is -0.464 e. The second kappa shape index (κ2) is 5.88. The average Bonchev–Trinajstić information content (AvgIpc) is 2.78. The highest BCUT2D eigenvalue weighted by molar-refractivity contribution is 5.73. The number of carbonyl (C=O) groups excluding carboxylic acids is 2. The van der Waals surface area contributed by atoms with E-state index in [1.165, 1.54) is 13.8 Å². The number of aliphatic hydroxyl groups excluding tert-OH is 1. The number of aliphatic hydroxyl groups is 1. The van der Waals surface area contributed by atoms with Crippen LogP contribution in [0.4, 0.5) is 0 Å². The third-order valence-corrected chi connectivity index (χ3v) is 3.30. The topological polar surface area (TPSA) is 103 Å². The Morgan fingerprint density at radius 2 is 2.00 bits per heavy atom. The van der Waals surface area contributed by atoms with E-state index in [4.69, 9.17) is 18.9 Å². The second-order valence-electron chi connectivity index (χ2n) is 5.67. The summed E-state index contributed by atoms with van der Waals surface area (Å²) < 4.78 is 21.6. The normalized spacial score (nSPS) is 35.1. The van der Waals surface area contributed by atoms with Crippen LogP contribution in [0.15, 0.2) is 0 Å². The number of esters is 1. The number of hydrogen-bond acceptors (Lipinski definition) is 7. The lowest BCUT2D eigenvalue weighted by atomic mass is 10.0. The number of hydrogen-bond donors (Lipinski definition) is 2. The Hall–Kier alpha value is -1.22. The first-order valence-corrected chi connectivity index (χ1v) is 6.79. The molecular weight excluding hydrogens is 282 g/mol. The summed E-state index contributed by atoms with van der Waals surface area (Å²) in [6.45, 7) is 5.94. The van der Waals surface area contributed by atoms with Crippen LogP contribution in [0, 0.1) is 0 Å². The van der Waals surface area contributed by atoms with Gasteiger partial charge in [-0.3, -0.25) is 9.59 Å². The molecular formula is C13H21NO7. The molecule has 2 aliphatic rings. The quantitative estimate of drug-likeness (QED) is 0.661. The van der Waals surface area contributed by atoms with E-state index >= 15 is 0 Å². The van der Waals surface area contributed by atoms with Gasteiger partial charge in [0, 0.05) is 13.8 Å². The zero-order valence-corrected chi connectivity index (χ0v) is 12.5. The third-order valence-electron chi connectivity index (χ3n) is 3.30. The van der Waals surface area contributed by atoms with Gasteiger partial charge < -0.3 is 29.4 Å². The van der Waals surface area contributed by atoms with Crippen LogP contribution in [-0.4, -0.2) is 60.0 Å². The summed E-state index contributed by atoms with van der Waals surface area (Å²) in [4.78, 5) is 22.2. The van der Waals surface area contributed by atoms with Gasteiger partial charge in [0.2, 0.25) is 5.91 Å². The molecule has 21 heavy (non-hydrogen) atoms. The molecule has 0 unspecified atom stereocenters. The van der Waals surface area contributed by atoms with Gasteiger partial charge in [-0.15, -0.1) is 0 Å². The lowest BCUT2D eigenvalue weighted by Gasteiger charge is -2.28. The van der Waals surface area contributed by atoms with Crippen LogP contribution < -0.4 is 5.32 Å². The summed E-state index contributed by atoms with van der Waals surface area (Å²) in [5, 5.41) is 12.9. The average molecular weight is 303 g/mol. The number of rotatable bonds is 4. The molecule has 0 aromatic rings. The number of amides is 1. The highest BCUT2D eigenvalue weighted by Gasteiger charge is 2.56. The minimum absolute atomic E-state index is 0.0977. The molecule has 2 fully saturated rings. The molecule has 2 saturated heterocycles. The number of carbonyl (C=O) groups is 2. The van der Waals surface area contributed by atoms with Crippen molar-refractivity contribution in [1.82, 2.24) is 5.32 Å². The number of ether oxygens (including phenoxy) is 4. The molecule has 2 N–H and O–H groups in total. The first kappa shape index (κ1) is 16.2. The lowest BCUT2D eigenvalue weighted by molar-refractivity contribution is -0.219. The summed E-state index contributed by atoms with van der Waals surface area (Å²) in [6, 6.07) is -0.678. The molecule has 0 aliphatic carbocycles.